The molecule has 3 heteroatoms. The monoisotopic (exact) mass is 276 g/mol. The number of carbonyl (C=O) groups excluding carboxylic acids is 2. The fraction of sp³-hybridized carbons (Fsp3) is 0.529. The van der Waals surface area contributed by atoms with Crippen LogP contribution >= 0.6 is 0 Å². The minimum absolute atomic E-state index is 0.0594. The van der Waals surface area contributed by atoms with E-state index in [9.17, 15) is 9.59 Å². The fourth-order valence-electron chi connectivity index (χ4n) is 2.59. The molecule has 0 bridgehead atoms. The Kier molecular flexibility index (Phi) is 4.74. The van der Waals surface area contributed by atoms with Crippen molar-refractivity contribution in [3.63, 3.8) is 0 Å². The first-order valence-corrected chi connectivity index (χ1v) is 6.85. The van der Waals surface area contributed by atoms with Gasteiger partial charge < -0.3 is 4.74 Å². The Morgan fingerprint density at radius 2 is 1.50 bits per heavy atom. The van der Waals surface area contributed by atoms with Crippen molar-refractivity contribution in [2.24, 2.45) is 5.41 Å². The summed E-state index contributed by atoms with van der Waals surface area (Å²) in [6, 6.07) is 6.76. The van der Waals surface area contributed by atoms with Crippen molar-refractivity contribution >= 4 is 11.8 Å². The summed E-state index contributed by atoms with van der Waals surface area (Å²) in [7, 11) is 0. The highest BCUT2D eigenvalue weighted by molar-refractivity contribution is 6.05. The number of benzene rings is 1. The van der Waals surface area contributed by atoms with Gasteiger partial charge in [0.2, 0.25) is 0 Å². The third kappa shape index (κ3) is 4.80. The van der Waals surface area contributed by atoms with Crippen molar-refractivity contribution in [2.45, 2.75) is 53.6 Å². The Morgan fingerprint density at radius 1 is 1.00 bits per heavy atom. The lowest BCUT2D eigenvalue weighted by atomic mass is 9.83. The molecule has 0 spiro atoms. The van der Waals surface area contributed by atoms with E-state index in [1.54, 1.807) is 24.3 Å². The van der Waals surface area contributed by atoms with Crippen LogP contribution in [0.2, 0.25) is 0 Å². The number of Topliss-reactive ketones (excluding diaryl/α,β-unsaturated/α-hetero) is 1. The normalized spacial score (nSPS) is 12.1. The van der Waals surface area contributed by atoms with E-state index in [1.807, 2.05) is 13.8 Å². The highest BCUT2D eigenvalue weighted by Gasteiger charge is 2.30. The fourth-order valence-corrected chi connectivity index (χ4v) is 2.59. The molecule has 0 saturated carbocycles. The van der Waals surface area contributed by atoms with Gasteiger partial charge in [-0.2, -0.15) is 0 Å². The summed E-state index contributed by atoms with van der Waals surface area (Å²) in [5.41, 5.74) is 0.231. The molecule has 1 rings (SSSR count). The largest absolute Gasteiger partial charge is 0.456 e. The van der Waals surface area contributed by atoms with E-state index in [1.165, 1.54) is 6.92 Å². The average molecular weight is 276 g/mol. The number of rotatable bonds is 4. The van der Waals surface area contributed by atoms with E-state index in [4.69, 9.17) is 4.74 Å². The van der Waals surface area contributed by atoms with Crippen LogP contribution < -0.4 is 0 Å². The molecular formula is C17H24O3. The molecule has 1 aromatic carbocycles. The zero-order valence-electron chi connectivity index (χ0n) is 13.2. The lowest BCUT2D eigenvalue weighted by Gasteiger charge is -2.32. The van der Waals surface area contributed by atoms with Crippen molar-refractivity contribution in [1.29, 1.82) is 0 Å². The van der Waals surface area contributed by atoms with Crippen molar-refractivity contribution in [2.75, 3.05) is 0 Å². The summed E-state index contributed by atoms with van der Waals surface area (Å²) >= 11 is 0. The van der Waals surface area contributed by atoms with E-state index in [2.05, 4.69) is 20.8 Å². The van der Waals surface area contributed by atoms with Crippen LogP contribution in [0.4, 0.5) is 0 Å². The molecule has 0 radical (unpaired) electrons. The predicted molar refractivity (Wildman–Crippen MR) is 80.0 cm³/mol. The summed E-state index contributed by atoms with van der Waals surface area (Å²) in [5, 5.41) is 0. The van der Waals surface area contributed by atoms with E-state index >= 15 is 0 Å². The Balaban J connectivity index is 2.95. The molecule has 0 aliphatic carbocycles. The number of esters is 1. The van der Waals surface area contributed by atoms with Crippen molar-refractivity contribution in [1.82, 2.24) is 0 Å². The number of ketones is 1. The number of hydrogen-bond donors (Lipinski definition) is 0. The molecule has 0 atom stereocenters. The van der Waals surface area contributed by atoms with Gasteiger partial charge in [-0.1, -0.05) is 39.0 Å². The summed E-state index contributed by atoms with van der Waals surface area (Å²) in [4.78, 5) is 23.9. The van der Waals surface area contributed by atoms with Crippen molar-refractivity contribution < 1.29 is 14.3 Å². The number of hydrogen-bond acceptors (Lipinski definition) is 3. The lowest BCUT2D eigenvalue weighted by molar-refractivity contribution is -0.0179. The van der Waals surface area contributed by atoms with E-state index in [-0.39, 0.29) is 11.2 Å². The van der Waals surface area contributed by atoms with Crippen molar-refractivity contribution in [3.05, 3.63) is 35.4 Å². The highest BCUT2D eigenvalue weighted by Crippen LogP contribution is 2.30. The molecular weight excluding hydrogens is 252 g/mol. The van der Waals surface area contributed by atoms with Gasteiger partial charge in [0.25, 0.3) is 0 Å². The first kappa shape index (κ1) is 16.4. The van der Waals surface area contributed by atoms with Crippen molar-refractivity contribution in [3.8, 4) is 0 Å². The summed E-state index contributed by atoms with van der Waals surface area (Å²) in [6.07, 6.45) is 0.744. The summed E-state index contributed by atoms with van der Waals surface area (Å²) < 4.78 is 5.60. The van der Waals surface area contributed by atoms with E-state index < -0.39 is 11.6 Å². The Hall–Kier alpha value is -1.64. The van der Waals surface area contributed by atoms with Crippen LogP contribution in [0, 0.1) is 5.41 Å². The highest BCUT2D eigenvalue weighted by atomic mass is 16.6. The van der Waals surface area contributed by atoms with Crippen LogP contribution in [0.1, 0.15) is 68.7 Å². The predicted octanol–water partition coefficient (Wildman–Crippen LogP) is 4.26. The zero-order chi connectivity index (χ0) is 15.6. The van der Waals surface area contributed by atoms with Gasteiger partial charge >= 0.3 is 5.97 Å². The van der Waals surface area contributed by atoms with Gasteiger partial charge in [-0.25, -0.2) is 4.79 Å². The Morgan fingerprint density at radius 3 is 1.95 bits per heavy atom. The molecule has 0 aromatic heterocycles. The van der Waals surface area contributed by atoms with Gasteiger partial charge in [-0.15, -0.1) is 0 Å². The molecule has 110 valence electrons. The molecule has 0 fully saturated rings. The minimum Gasteiger partial charge on any atom is -0.456 e. The topological polar surface area (TPSA) is 43.4 Å². The van der Waals surface area contributed by atoms with Gasteiger partial charge in [-0.3, -0.25) is 4.79 Å². The molecule has 0 amide bonds. The maximum atomic E-state index is 12.3. The molecule has 20 heavy (non-hydrogen) atoms. The molecule has 0 unspecified atom stereocenters. The smallest absolute Gasteiger partial charge is 0.339 e. The van der Waals surface area contributed by atoms with Gasteiger partial charge in [0.15, 0.2) is 5.78 Å². The number of carbonyl (C=O) groups is 2. The van der Waals surface area contributed by atoms with Gasteiger partial charge in [0.05, 0.1) is 5.56 Å². The maximum absolute atomic E-state index is 12.3. The second-order valence-corrected chi connectivity index (χ2v) is 6.99. The van der Waals surface area contributed by atoms with Gasteiger partial charge in [-0.05, 0) is 38.7 Å². The van der Waals surface area contributed by atoms with Crippen LogP contribution in [0.5, 0.6) is 0 Å². The first-order valence-electron chi connectivity index (χ1n) is 6.85. The second-order valence-electron chi connectivity index (χ2n) is 6.99. The van der Waals surface area contributed by atoms with Crippen LogP contribution in [-0.4, -0.2) is 17.4 Å². The maximum Gasteiger partial charge on any atom is 0.339 e. The van der Waals surface area contributed by atoms with E-state index in [0.717, 1.165) is 6.42 Å². The molecule has 0 aliphatic rings. The summed E-state index contributed by atoms with van der Waals surface area (Å²) in [6.45, 7) is 11.6. The quantitative estimate of drug-likeness (QED) is 0.609. The summed E-state index contributed by atoms with van der Waals surface area (Å²) in [5.74, 6) is -0.573. The molecule has 0 aliphatic heterocycles. The van der Waals surface area contributed by atoms with Gasteiger partial charge in [0, 0.05) is 5.56 Å². The number of ether oxygens (including phenoxy) is 1. The van der Waals surface area contributed by atoms with Crippen LogP contribution in [0.25, 0.3) is 0 Å². The van der Waals surface area contributed by atoms with E-state index in [0.29, 0.717) is 11.1 Å². The lowest BCUT2D eigenvalue weighted by Crippen LogP contribution is -2.33. The molecule has 0 heterocycles. The third-order valence-electron chi connectivity index (χ3n) is 2.85. The molecule has 0 saturated heterocycles. The molecule has 0 N–H and O–H groups in total. The van der Waals surface area contributed by atoms with Crippen LogP contribution in [0.3, 0.4) is 0 Å². The first-order chi connectivity index (χ1) is 9.02. The second kappa shape index (κ2) is 5.78. The van der Waals surface area contributed by atoms with Crippen LogP contribution in [-0.2, 0) is 4.74 Å². The van der Waals surface area contributed by atoms with Gasteiger partial charge in [0.1, 0.15) is 5.60 Å². The molecule has 3 nitrogen and oxygen atoms in total. The Bertz CT molecular complexity index is 507. The molecule has 1 aromatic rings. The zero-order valence-corrected chi connectivity index (χ0v) is 13.2. The third-order valence-corrected chi connectivity index (χ3v) is 2.85. The minimum atomic E-state index is -0.570. The Labute approximate surface area is 121 Å². The van der Waals surface area contributed by atoms with Crippen LogP contribution in [0.15, 0.2) is 24.3 Å². The average Bonchev–Trinajstić information content (AvgIpc) is 2.24. The SMILES string of the molecule is CC(=O)c1ccccc1C(=O)OC(C)(C)CC(C)(C)C. The standard InChI is InChI=1S/C17H24O3/c1-12(18)13-9-7-8-10-14(13)15(19)20-17(5,6)11-16(2,3)4/h7-10H,11H2,1-6H3.